The molecule has 1 aromatic carbocycles. The van der Waals surface area contributed by atoms with Crippen LogP contribution in [0.1, 0.15) is 5.56 Å². The van der Waals surface area contributed by atoms with Gasteiger partial charge in [-0.05, 0) is 29.5 Å². The lowest BCUT2D eigenvalue weighted by atomic mass is 9.79. The molecule has 2 saturated heterocycles. The average Bonchev–Trinajstić information content (AvgIpc) is 3.24. The molecule has 2 amide bonds. The number of carbonyl (C=O) groups excluding carboxylic acids is 1. The van der Waals surface area contributed by atoms with Gasteiger partial charge in [0.05, 0.1) is 12.3 Å². The average molecular weight is 406 g/mol. The molecule has 0 saturated carbocycles. The summed E-state index contributed by atoms with van der Waals surface area (Å²) < 4.78 is 0. The Morgan fingerprint density at radius 3 is 2.57 bits per heavy atom. The van der Waals surface area contributed by atoms with Crippen LogP contribution < -0.4 is 0 Å². The fourth-order valence-corrected chi connectivity index (χ4v) is 4.65. The normalized spacial score (nSPS) is 24.4. The first kappa shape index (κ1) is 18.6. The number of carboxylic acids is 1. The molecule has 148 valence electrons. The molecule has 0 bridgehead atoms. The zero-order chi connectivity index (χ0) is 20.0. The van der Waals surface area contributed by atoms with Gasteiger partial charge in [-0.25, -0.2) is 4.79 Å². The van der Waals surface area contributed by atoms with Crippen molar-refractivity contribution in [2.75, 3.05) is 26.2 Å². The first-order chi connectivity index (χ1) is 13.3. The Kier molecular flexibility index (Phi) is 4.66. The van der Waals surface area contributed by atoms with Crippen molar-refractivity contribution >= 4 is 40.5 Å². The fraction of sp³-hybridized carbons (Fsp3) is 0.421. The van der Waals surface area contributed by atoms with E-state index < -0.39 is 18.0 Å². The number of aliphatic carboxylic acids is 1. The zero-order valence-corrected chi connectivity index (χ0v) is 15.7. The Labute approximate surface area is 165 Å². The van der Waals surface area contributed by atoms with Crippen LogP contribution in [0.4, 0.5) is 4.79 Å². The third-order valence-electron chi connectivity index (χ3n) is 5.89. The number of hydrogen-bond acceptors (Lipinski definition) is 3. The van der Waals surface area contributed by atoms with Crippen molar-refractivity contribution in [1.29, 1.82) is 0 Å². The second-order valence-electron chi connectivity index (χ2n) is 7.54. The monoisotopic (exact) mass is 405 g/mol. The van der Waals surface area contributed by atoms with Crippen LogP contribution in [-0.4, -0.2) is 69.1 Å². The maximum absolute atomic E-state index is 12.9. The van der Waals surface area contributed by atoms with Gasteiger partial charge in [-0.2, -0.15) is 0 Å². The number of benzene rings is 1. The van der Waals surface area contributed by atoms with E-state index in [0.717, 1.165) is 16.5 Å². The number of H-pyrrole nitrogens is 1. The third-order valence-corrected chi connectivity index (χ3v) is 6.13. The second-order valence-corrected chi connectivity index (χ2v) is 7.97. The Morgan fingerprint density at radius 2 is 1.86 bits per heavy atom. The number of piperidine rings is 1. The minimum absolute atomic E-state index is 0.108. The molecule has 1 aromatic heterocycles. The highest BCUT2D eigenvalue weighted by Gasteiger charge is 2.47. The van der Waals surface area contributed by atoms with Crippen LogP contribution in [-0.2, 0) is 16.0 Å². The van der Waals surface area contributed by atoms with Gasteiger partial charge in [0.25, 0.3) is 0 Å². The van der Waals surface area contributed by atoms with Gasteiger partial charge in [-0.1, -0.05) is 17.7 Å². The number of fused-ring (bicyclic) bond motifs is 2. The second kappa shape index (κ2) is 7.01. The quantitative estimate of drug-likeness (QED) is 0.723. The van der Waals surface area contributed by atoms with Gasteiger partial charge in [-0.15, -0.1) is 0 Å². The first-order valence-electron chi connectivity index (χ1n) is 9.07. The van der Waals surface area contributed by atoms with Gasteiger partial charge in [-0.3, -0.25) is 9.59 Å². The lowest BCUT2D eigenvalue weighted by molar-refractivity contribution is -0.149. The smallest absolute Gasteiger partial charge is 0.407 e. The van der Waals surface area contributed by atoms with E-state index in [1.54, 1.807) is 23.2 Å². The van der Waals surface area contributed by atoms with Gasteiger partial charge in [0, 0.05) is 48.3 Å². The standard InChI is InChI=1S/C19H20ClN3O5/c20-12-1-2-13-10(5-21-16(13)4-12)3-17(24)22-6-11-7-23(19(27)28)8-14(11)15(9-22)18(25)26/h1-2,4-5,11,14-15,21H,3,6-9H2,(H,25,26)(H,27,28). The van der Waals surface area contributed by atoms with E-state index in [-0.39, 0.29) is 43.8 Å². The van der Waals surface area contributed by atoms with E-state index in [0.29, 0.717) is 11.6 Å². The van der Waals surface area contributed by atoms with Crippen molar-refractivity contribution in [1.82, 2.24) is 14.8 Å². The van der Waals surface area contributed by atoms with Gasteiger partial charge in [0.1, 0.15) is 0 Å². The highest BCUT2D eigenvalue weighted by Crippen LogP contribution is 2.36. The predicted molar refractivity (Wildman–Crippen MR) is 101 cm³/mol. The number of aromatic nitrogens is 1. The van der Waals surface area contributed by atoms with Crippen LogP contribution in [0.25, 0.3) is 10.9 Å². The summed E-state index contributed by atoms with van der Waals surface area (Å²) in [5.74, 6) is -2.31. The van der Waals surface area contributed by atoms with Crippen LogP contribution in [0.3, 0.4) is 0 Å². The summed E-state index contributed by atoms with van der Waals surface area (Å²) in [7, 11) is 0. The van der Waals surface area contributed by atoms with E-state index >= 15 is 0 Å². The van der Waals surface area contributed by atoms with E-state index in [1.807, 2.05) is 6.07 Å². The van der Waals surface area contributed by atoms with Crippen LogP contribution >= 0.6 is 11.6 Å². The molecule has 2 fully saturated rings. The molecule has 28 heavy (non-hydrogen) atoms. The summed E-state index contributed by atoms with van der Waals surface area (Å²) in [6, 6.07) is 5.40. The first-order valence-corrected chi connectivity index (χ1v) is 9.45. The van der Waals surface area contributed by atoms with E-state index in [9.17, 15) is 24.6 Å². The van der Waals surface area contributed by atoms with E-state index in [4.69, 9.17) is 11.6 Å². The molecule has 0 spiro atoms. The van der Waals surface area contributed by atoms with Crippen LogP contribution in [0, 0.1) is 17.8 Å². The van der Waals surface area contributed by atoms with Gasteiger partial charge in [0.2, 0.25) is 5.91 Å². The maximum atomic E-state index is 12.9. The Morgan fingerprint density at radius 1 is 1.11 bits per heavy atom. The molecule has 0 radical (unpaired) electrons. The molecule has 2 aromatic rings. The van der Waals surface area contributed by atoms with Crippen molar-refractivity contribution in [3.8, 4) is 0 Å². The Hall–Kier alpha value is -2.74. The lowest BCUT2D eigenvalue weighted by Crippen LogP contribution is -2.51. The maximum Gasteiger partial charge on any atom is 0.407 e. The van der Waals surface area contributed by atoms with Crippen molar-refractivity contribution in [2.24, 2.45) is 17.8 Å². The SMILES string of the molecule is O=C(O)C1CN(C(=O)Cc2c[nH]c3cc(Cl)ccc23)CC2CN(C(=O)O)CC21. The minimum Gasteiger partial charge on any atom is -0.481 e. The van der Waals surface area contributed by atoms with Gasteiger partial charge < -0.3 is 25.0 Å². The number of carbonyl (C=O) groups is 3. The summed E-state index contributed by atoms with van der Waals surface area (Å²) in [6.45, 7) is 0.962. The number of aromatic amines is 1. The predicted octanol–water partition coefficient (Wildman–Crippen LogP) is 2.13. The third kappa shape index (κ3) is 3.28. The summed E-state index contributed by atoms with van der Waals surface area (Å²) in [6.07, 6.45) is 0.865. The Balaban J connectivity index is 1.52. The molecule has 3 N–H and O–H groups in total. The van der Waals surface area contributed by atoms with E-state index in [1.165, 1.54) is 4.90 Å². The molecule has 9 heteroatoms. The van der Waals surface area contributed by atoms with Gasteiger partial charge >= 0.3 is 12.1 Å². The molecule has 3 atom stereocenters. The summed E-state index contributed by atoms with van der Waals surface area (Å²) in [4.78, 5) is 41.9. The number of halogens is 1. The summed E-state index contributed by atoms with van der Waals surface area (Å²) in [5, 5.41) is 20.4. The van der Waals surface area contributed by atoms with Crippen LogP contribution in [0.2, 0.25) is 5.02 Å². The topological polar surface area (TPSA) is 114 Å². The summed E-state index contributed by atoms with van der Waals surface area (Å²) in [5.41, 5.74) is 1.66. The number of nitrogens with one attached hydrogen (secondary N) is 1. The molecule has 3 unspecified atom stereocenters. The number of carboxylic acid groups (broad SMARTS) is 2. The van der Waals surface area contributed by atoms with Crippen molar-refractivity contribution in [2.45, 2.75) is 6.42 Å². The zero-order valence-electron chi connectivity index (χ0n) is 15.0. The molecule has 3 heterocycles. The number of amides is 2. The molecule has 4 rings (SSSR count). The van der Waals surface area contributed by atoms with Gasteiger partial charge in [0.15, 0.2) is 0 Å². The molecule has 0 aliphatic carbocycles. The molecule has 8 nitrogen and oxygen atoms in total. The van der Waals surface area contributed by atoms with Crippen molar-refractivity contribution in [3.63, 3.8) is 0 Å². The number of likely N-dealkylation sites (tertiary alicyclic amines) is 2. The van der Waals surface area contributed by atoms with Crippen molar-refractivity contribution < 1.29 is 24.6 Å². The minimum atomic E-state index is -1.05. The fourth-order valence-electron chi connectivity index (χ4n) is 4.48. The van der Waals surface area contributed by atoms with Crippen LogP contribution in [0.15, 0.2) is 24.4 Å². The highest BCUT2D eigenvalue weighted by molar-refractivity contribution is 6.31. The van der Waals surface area contributed by atoms with E-state index in [2.05, 4.69) is 4.98 Å². The number of rotatable bonds is 3. The summed E-state index contributed by atoms with van der Waals surface area (Å²) >= 11 is 5.99. The molecular formula is C19H20ClN3O5. The molecule has 2 aliphatic rings. The molecule has 2 aliphatic heterocycles. The molecular weight excluding hydrogens is 386 g/mol. The van der Waals surface area contributed by atoms with Crippen molar-refractivity contribution in [3.05, 3.63) is 35.0 Å². The number of nitrogens with zero attached hydrogens (tertiary/aromatic N) is 2. The number of hydrogen-bond donors (Lipinski definition) is 3. The Bertz CT molecular complexity index is 958. The largest absolute Gasteiger partial charge is 0.481 e. The highest BCUT2D eigenvalue weighted by atomic mass is 35.5. The lowest BCUT2D eigenvalue weighted by Gasteiger charge is -2.38. The van der Waals surface area contributed by atoms with Crippen LogP contribution in [0.5, 0.6) is 0 Å².